The Morgan fingerprint density at radius 3 is 2.71 bits per heavy atom. The molecular formula is C12H23NO4. The van der Waals surface area contributed by atoms with Gasteiger partial charge in [-0.25, -0.2) is 0 Å². The normalized spacial score (nSPS) is 22.5. The summed E-state index contributed by atoms with van der Waals surface area (Å²) in [6.07, 6.45) is 2.93. The molecule has 0 aromatic carbocycles. The third-order valence-corrected chi connectivity index (χ3v) is 2.73. The summed E-state index contributed by atoms with van der Waals surface area (Å²) in [4.78, 5) is 17.2. The summed E-state index contributed by atoms with van der Waals surface area (Å²) in [6.45, 7) is 7.11. The molecule has 0 radical (unpaired) electrons. The van der Waals surface area contributed by atoms with E-state index in [0.29, 0.717) is 13.2 Å². The number of ether oxygens (including phenoxy) is 2. The minimum atomic E-state index is -0.432. The van der Waals surface area contributed by atoms with Gasteiger partial charge in [0.2, 0.25) is 0 Å². The second kappa shape index (κ2) is 7.63. The Morgan fingerprint density at radius 2 is 2.18 bits per heavy atom. The third kappa shape index (κ3) is 4.26. The van der Waals surface area contributed by atoms with Crippen LogP contribution in [0, 0.1) is 0 Å². The van der Waals surface area contributed by atoms with Gasteiger partial charge in [0.05, 0.1) is 13.2 Å². The van der Waals surface area contributed by atoms with Gasteiger partial charge < -0.3 is 9.47 Å². The first-order valence-corrected chi connectivity index (χ1v) is 6.40. The fraction of sp³-hybridized carbons (Fsp3) is 0.917. The van der Waals surface area contributed by atoms with Gasteiger partial charge in [0.1, 0.15) is 12.3 Å². The molecule has 0 spiro atoms. The molecule has 0 bridgehead atoms. The number of hydroxylamine groups is 2. The lowest BCUT2D eigenvalue weighted by molar-refractivity contribution is -0.277. The summed E-state index contributed by atoms with van der Waals surface area (Å²) < 4.78 is 10.6. The minimum Gasteiger partial charge on any atom is -0.465 e. The van der Waals surface area contributed by atoms with Gasteiger partial charge in [0.15, 0.2) is 0 Å². The number of hydrogen-bond acceptors (Lipinski definition) is 5. The molecular weight excluding hydrogens is 222 g/mol. The van der Waals surface area contributed by atoms with Gasteiger partial charge in [-0.15, -0.1) is 5.06 Å². The van der Waals surface area contributed by atoms with Gasteiger partial charge in [0, 0.05) is 6.61 Å². The Morgan fingerprint density at radius 1 is 1.41 bits per heavy atom. The van der Waals surface area contributed by atoms with Crippen LogP contribution in [0.4, 0.5) is 0 Å². The van der Waals surface area contributed by atoms with Gasteiger partial charge in [-0.05, 0) is 40.0 Å². The molecule has 5 nitrogen and oxygen atoms in total. The fourth-order valence-corrected chi connectivity index (χ4v) is 1.88. The van der Waals surface area contributed by atoms with Crippen LogP contribution in [0.3, 0.4) is 0 Å². The minimum absolute atomic E-state index is 0.136. The van der Waals surface area contributed by atoms with Crippen LogP contribution in [0.1, 0.15) is 40.0 Å². The Balaban J connectivity index is 2.59. The molecule has 1 fully saturated rings. The molecule has 0 N–H and O–H groups in total. The highest BCUT2D eigenvalue weighted by Crippen LogP contribution is 2.19. The number of carbonyl (C=O) groups excluding carboxylic acids is 1. The molecule has 1 aliphatic heterocycles. The van der Waals surface area contributed by atoms with Gasteiger partial charge >= 0.3 is 5.97 Å². The maximum absolute atomic E-state index is 11.7. The average Bonchev–Trinajstić information content (AvgIpc) is 2.36. The van der Waals surface area contributed by atoms with Crippen LogP contribution < -0.4 is 0 Å². The van der Waals surface area contributed by atoms with Gasteiger partial charge in [-0.3, -0.25) is 9.63 Å². The van der Waals surface area contributed by atoms with Crippen LogP contribution in [0.25, 0.3) is 0 Å². The van der Waals surface area contributed by atoms with E-state index in [2.05, 4.69) is 0 Å². The molecule has 0 saturated carbocycles. The first-order chi connectivity index (χ1) is 8.20. The number of hydrogen-bond donors (Lipinski definition) is 0. The van der Waals surface area contributed by atoms with E-state index in [1.165, 1.54) is 0 Å². The van der Waals surface area contributed by atoms with E-state index in [0.717, 1.165) is 25.9 Å². The zero-order chi connectivity index (χ0) is 12.7. The summed E-state index contributed by atoms with van der Waals surface area (Å²) >= 11 is 0. The van der Waals surface area contributed by atoms with E-state index in [1.54, 1.807) is 18.9 Å². The van der Waals surface area contributed by atoms with Crippen molar-refractivity contribution in [2.75, 3.05) is 19.8 Å². The van der Waals surface area contributed by atoms with Crippen LogP contribution >= 0.6 is 0 Å². The molecule has 0 aliphatic carbocycles. The highest BCUT2D eigenvalue weighted by atomic mass is 16.7. The van der Waals surface area contributed by atoms with Gasteiger partial charge in [-0.2, -0.15) is 0 Å². The van der Waals surface area contributed by atoms with Crippen LogP contribution in [0.2, 0.25) is 0 Å². The van der Waals surface area contributed by atoms with Crippen LogP contribution in [-0.4, -0.2) is 43.1 Å². The SMILES string of the molecule is CCOC(=O)C(C)N(OCC)C1CCCCO1. The average molecular weight is 245 g/mol. The molecule has 2 atom stereocenters. The summed E-state index contributed by atoms with van der Waals surface area (Å²) in [7, 11) is 0. The maximum atomic E-state index is 11.7. The zero-order valence-corrected chi connectivity index (χ0v) is 11.0. The van der Waals surface area contributed by atoms with Crippen molar-refractivity contribution in [3.63, 3.8) is 0 Å². The highest BCUT2D eigenvalue weighted by molar-refractivity contribution is 5.75. The molecule has 5 heteroatoms. The van der Waals surface area contributed by atoms with E-state index in [4.69, 9.17) is 14.3 Å². The van der Waals surface area contributed by atoms with Crippen molar-refractivity contribution in [2.45, 2.75) is 52.3 Å². The van der Waals surface area contributed by atoms with Crippen molar-refractivity contribution in [3.05, 3.63) is 0 Å². The Labute approximate surface area is 103 Å². The molecule has 17 heavy (non-hydrogen) atoms. The van der Waals surface area contributed by atoms with Crippen molar-refractivity contribution in [2.24, 2.45) is 0 Å². The van der Waals surface area contributed by atoms with E-state index in [-0.39, 0.29) is 12.2 Å². The van der Waals surface area contributed by atoms with Crippen LogP contribution in [0.15, 0.2) is 0 Å². The summed E-state index contributed by atoms with van der Waals surface area (Å²) in [6, 6.07) is -0.432. The molecule has 0 aromatic heterocycles. The summed E-state index contributed by atoms with van der Waals surface area (Å²) in [5.41, 5.74) is 0. The van der Waals surface area contributed by atoms with Crippen molar-refractivity contribution in [1.82, 2.24) is 5.06 Å². The summed E-state index contributed by atoms with van der Waals surface area (Å²) in [5, 5.41) is 1.64. The van der Waals surface area contributed by atoms with Crippen molar-refractivity contribution in [1.29, 1.82) is 0 Å². The van der Waals surface area contributed by atoms with Gasteiger partial charge in [-0.1, -0.05) is 0 Å². The van der Waals surface area contributed by atoms with E-state index < -0.39 is 6.04 Å². The van der Waals surface area contributed by atoms with Crippen molar-refractivity contribution >= 4 is 5.97 Å². The fourth-order valence-electron chi connectivity index (χ4n) is 1.88. The third-order valence-electron chi connectivity index (χ3n) is 2.73. The molecule has 0 aromatic rings. The highest BCUT2D eigenvalue weighted by Gasteiger charge is 2.31. The zero-order valence-electron chi connectivity index (χ0n) is 11.0. The Hall–Kier alpha value is -0.650. The number of nitrogens with zero attached hydrogens (tertiary/aromatic N) is 1. The van der Waals surface area contributed by atoms with Crippen molar-refractivity contribution < 1.29 is 19.1 Å². The number of rotatable bonds is 6. The lowest BCUT2D eigenvalue weighted by Gasteiger charge is -2.35. The Bertz CT molecular complexity index is 229. The predicted octanol–water partition coefficient (Wildman–Crippen LogP) is 1.72. The van der Waals surface area contributed by atoms with E-state index >= 15 is 0 Å². The van der Waals surface area contributed by atoms with Crippen LogP contribution in [0.5, 0.6) is 0 Å². The lowest BCUT2D eigenvalue weighted by Crippen LogP contribution is -2.48. The number of carbonyl (C=O) groups is 1. The maximum Gasteiger partial charge on any atom is 0.325 e. The largest absolute Gasteiger partial charge is 0.465 e. The molecule has 100 valence electrons. The quantitative estimate of drug-likeness (QED) is 0.526. The first-order valence-electron chi connectivity index (χ1n) is 6.40. The standard InChI is InChI=1S/C12H23NO4/c1-4-15-12(14)10(3)13(17-5-2)11-8-6-7-9-16-11/h10-11H,4-9H2,1-3H3. The molecule has 1 heterocycles. The second-order valence-corrected chi connectivity index (χ2v) is 4.03. The van der Waals surface area contributed by atoms with Crippen molar-refractivity contribution in [3.8, 4) is 0 Å². The van der Waals surface area contributed by atoms with Gasteiger partial charge in [0.25, 0.3) is 0 Å². The van der Waals surface area contributed by atoms with Crippen LogP contribution in [-0.2, 0) is 19.1 Å². The smallest absolute Gasteiger partial charge is 0.325 e. The topological polar surface area (TPSA) is 48.0 Å². The molecule has 1 rings (SSSR count). The number of esters is 1. The van der Waals surface area contributed by atoms with E-state index in [9.17, 15) is 4.79 Å². The molecule has 0 amide bonds. The molecule has 2 unspecified atom stereocenters. The predicted molar refractivity (Wildman–Crippen MR) is 63.2 cm³/mol. The summed E-state index contributed by atoms with van der Waals surface area (Å²) in [5.74, 6) is -0.268. The monoisotopic (exact) mass is 245 g/mol. The molecule has 1 aliphatic rings. The Kier molecular flexibility index (Phi) is 6.47. The molecule has 1 saturated heterocycles. The lowest BCUT2D eigenvalue weighted by atomic mass is 10.1. The second-order valence-electron chi connectivity index (χ2n) is 4.03. The van der Waals surface area contributed by atoms with E-state index in [1.807, 2.05) is 6.92 Å². The first kappa shape index (κ1) is 14.4.